The predicted octanol–water partition coefficient (Wildman–Crippen LogP) is 1.88. The summed E-state index contributed by atoms with van der Waals surface area (Å²) < 4.78 is 15.5. The molecule has 1 fully saturated rings. The Bertz CT molecular complexity index is 689. The normalized spacial score (nSPS) is 18.1. The van der Waals surface area contributed by atoms with Crippen molar-refractivity contribution in [3.05, 3.63) is 28.7 Å². The topological polar surface area (TPSA) is 94.5 Å². The molecule has 0 radical (unpaired) electrons. The van der Waals surface area contributed by atoms with Crippen LogP contribution in [0.2, 0.25) is 0 Å². The van der Waals surface area contributed by atoms with Crippen LogP contribution in [0.15, 0.2) is 9.05 Å². The maximum atomic E-state index is 12.8. The molecule has 0 unspecified atom stereocenters. The minimum absolute atomic E-state index is 0.0462. The first-order valence-corrected chi connectivity index (χ1v) is 8.13. The fraction of sp³-hybridized carbons (Fsp3) is 0.625. The molecule has 0 bridgehead atoms. The molecule has 2 aromatic heterocycles. The van der Waals surface area contributed by atoms with Crippen molar-refractivity contribution in [3.63, 3.8) is 0 Å². The molecule has 8 heteroatoms. The van der Waals surface area contributed by atoms with Crippen LogP contribution in [0.3, 0.4) is 0 Å². The highest BCUT2D eigenvalue weighted by atomic mass is 16.5. The predicted molar refractivity (Wildman–Crippen MR) is 83.7 cm³/mol. The van der Waals surface area contributed by atoms with Crippen molar-refractivity contribution in [2.45, 2.75) is 39.0 Å². The highest BCUT2D eigenvalue weighted by Gasteiger charge is 2.31. The highest BCUT2D eigenvalue weighted by Crippen LogP contribution is 2.27. The van der Waals surface area contributed by atoms with Crippen molar-refractivity contribution < 1.29 is 18.6 Å². The number of rotatable bonds is 5. The summed E-state index contributed by atoms with van der Waals surface area (Å²) in [5.41, 5.74) is 1.18. The van der Waals surface area contributed by atoms with E-state index in [1.165, 1.54) is 0 Å². The Morgan fingerprint density at radius 2 is 2.17 bits per heavy atom. The van der Waals surface area contributed by atoms with Gasteiger partial charge in [-0.05, 0) is 26.7 Å². The van der Waals surface area contributed by atoms with E-state index in [4.69, 9.17) is 13.8 Å². The van der Waals surface area contributed by atoms with Crippen LogP contribution in [-0.2, 0) is 11.2 Å². The SMILES string of the molecule is COCCc1noc([C@H]2CCCN(C(=O)c3c(C)noc3C)C2)n1. The van der Waals surface area contributed by atoms with E-state index >= 15 is 0 Å². The van der Waals surface area contributed by atoms with Gasteiger partial charge in [0, 0.05) is 26.6 Å². The van der Waals surface area contributed by atoms with Crippen molar-refractivity contribution in [1.29, 1.82) is 0 Å². The van der Waals surface area contributed by atoms with E-state index in [0.29, 0.717) is 54.8 Å². The minimum Gasteiger partial charge on any atom is -0.384 e. The number of hydrogen-bond acceptors (Lipinski definition) is 7. The summed E-state index contributed by atoms with van der Waals surface area (Å²) in [6.45, 7) is 5.37. The smallest absolute Gasteiger partial charge is 0.259 e. The first kappa shape index (κ1) is 16.6. The van der Waals surface area contributed by atoms with Crippen LogP contribution >= 0.6 is 0 Å². The van der Waals surface area contributed by atoms with Gasteiger partial charge in [-0.3, -0.25) is 4.79 Å². The second-order valence-electron chi connectivity index (χ2n) is 6.08. The quantitative estimate of drug-likeness (QED) is 0.824. The third-order valence-corrected chi connectivity index (χ3v) is 4.32. The first-order chi connectivity index (χ1) is 11.6. The second-order valence-corrected chi connectivity index (χ2v) is 6.08. The number of carbonyl (C=O) groups is 1. The average Bonchev–Trinajstić information content (AvgIpc) is 3.19. The van der Waals surface area contributed by atoms with Gasteiger partial charge in [0.2, 0.25) is 5.89 Å². The van der Waals surface area contributed by atoms with Gasteiger partial charge < -0.3 is 18.7 Å². The largest absolute Gasteiger partial charge is 0.384 e. The Balaban J connectivity index is 1.70. The van der Waals surface area contributed by atoms with Crippen molar-refractivity contribution in [3.8, 4) is 0 Å². The van der Waals surface area contributed by atoms with E-state index in [9.17, 15) is 4.79 Å². The van der Waals surface area contributed by atoms with Gasteiger partial charge in [0.25, 0.3) is 5.91 Å². The number of likely N-dealkylation sites (tertiary alicyclic amines) is 1. The number of methoxy groups -OCH3 is 1. The van der Waals surface area contributed by atoms with Crippen LogP contribution < -0.4 is 0 Å². The zero-order valence-corrected chi connectivity index (χ0v) is 14.2. The van der Waals surface area contributed by atoms with Gasteiger partial charge >= 0.3 is 0 Å². The molecule has 0 aromatic carbocycles. The number of hydrogen-bond donors (Lipinski definition) is 0. The molecule has 3 rings (SSSR count). The van der Waals surface area contributed by atoms with Gasteiger partial charge in [0.1, 0.15) is 11.3 Å². The standard InChI is InChI=1S/C16H22N4O4/c1-10-14(11(2)23-18-10)16(21)20-7-4-5-12(9-20)15-17-13(19-24-15)6-8-22-3/h12H,4-9H2,1-3H3/t12-/m0/s1. The molecule has 1 atom stereocenters. The van der Waals surface area contributed by atoms with Crippen LogP contribution in [0.5, 0.6) is 0 Å². The average molecular weight is 334 g/mol. The minimum atomic E-state index is -0.0462. The number of aryl methyl sites for hydroxylation is 2. The summed E-state index contributed by atoms with van der Waals surface area (Å²) in [6, 6.07) is 0. The zero-order chi connectivity index (χ0) is 17.1. The lowest BCUT2D eigenvalue weighted by Gasteiger charge is -2.30. The molecular weight excluding hydrogens is 312 g/mol. The Morgan fingerprint density at radius 1 is 1.33 bits per heavy atom. The Kier molecular flexibility index (Phi) is 4.94. The van der Waals surface area contributed by atoms with Gasteiger partial charge in [-0.25, -0.2) is 0 Å². The molecule has 1 amide bonds. The van der Waals surface area contributed by atoms with Gasteiger partial charge in [-0.1, -0.05) is 10.3 Å². The Morgan fingerprint density at radius 3 is 2.88 bits per heavy atom. The van der Waals surface area contributed by atoms with Crippen LogP contribution in [0.25, 0.3) is 0 Å². The van der Waals surface area contributed by atoms with Gasteiger partial charge in [0.05, 0.1) is 18.2 Å². The molecule has 3 heterocycles. The van der Waals surface area contributed by atoms with Crippen LogP contribution in [-0.4, -0.2) is 52.9 Å². The number of piperidine rings is 1. The van der Waals surface area contributed by atoms with Crippen molar-refractivity contribution in [1.82, 2.24) is 20.2 Å². The summed E-state index contributed by atoms with van der Waals surface area (Å²) >= 11 is 0. The molecule has 1 saturated heterocycles. The van der Waals surface area contributed by atoms with E-state index < -0.39 is 0 Å². The van der Waals surface area contributed by atoms with E-state index in [-0.39, 0.29) is 11.8 Å². The molecule has 2 aromatic rings. The monoisotopic (exact) mass is 334 g/mol. The van der Waals surface area contributed by atoms with Crippen LogP contribution in [0, 0.1) is 13.8 Å². The molecule has 130 valence electrons. The number of carbonyl (C=O) groups excluding carboxylic acids is 1. The van der Waals surface area contributed by atoms with E-state index in [2.05, 4.69) is 15.3 Å². The second kappa shape index (κ2) is 7.12. The van der Waals surface area contributed by atoms with E-state index in [1.54, 1.807) is 21.0 Å². The Hall–Kier alpha value is -2.22. The molecule has 0 spiro atoms. The molecule has 8 nitrogen and oxygen atoms in total. The summed E-state index contributed by atoms with van der Waals surface area (Å²) in [5.74, 6) is 1.81. The maximum absolute atomic E-state index is 12.8. The van der Waals surface area contributed by atoms with Crippen LogP contribution in [0.1, 0.15) is 52.3 Å². The lowest BCUT2D eigenvalue weighted by atomic mass is 9.97. The first-order valence-electron chi connectivity index (χ1n) is 8.13. The summed E-state index contributed by atoms with van der Waals surface area (Å²) in [5, 5.41) is 7.85. The summed E-state index contributed by atoms with van der Waals surface area (Å²) in [7, 11) is 1.64. The van der Waals surface area contributed by atoms with Gasteiger partial charge in [0.15, 0.2) is 5.82 Å². The van der Waals surface area contributed by atoms with Gasteiger partial charge in [-0.15, -0.1) is 0 Å². The lowest BCUT2D eigenvalue weighted by molar-refractivity contribution is 0.0693. The van der Waals surface area contributed by atoms with Crippen molar-refractivity contribution >= 4 is 5.91 Å². The molecular formula is C16H22N4O4. The molecule has 0 aliphatic carbocycles. The molecule has 24 heavy (non-hydrogen) atoms. The van der Waals surface area contributed by atoms with E-state index in [0.717, 1.165) is 12.8 Å². The van der Waals surface area contributed by atoms with Gasteiger partial charge in [-0.2, -0.15) is 4.98 Å². The van der Waals surface area contributed by atoms with E-state index in [1.807, 2.05) is 4.90 Å². The molecule has 0 saturated carbocycles. The molecule has 0 N–H and O–H groups in total. The Labute approximate surface area is 140 Å². The summed E-state index contributed by atoms with van der Waals surface area (Å²) in [6.07, 6.45) is 2.45. The fourth-order valence-corrected chi connectivity index (χ4v) is 3.04. The summed E-state index contributed by atoms with van der Waals surface area (Å²) in [4.78, 5) is 19.0. The maximum Gasteiger partial charge on any atom is 0.259 e. The lowest BCUT2D eigenvalue weighted by Crippen LogP contribution is -2.39. The number of nitrogens with zero attached hydrogens (tertiary/aromatic N) is 4. The number of amides is 1. The molecule has 1 aliphatic heterocycles. The fourth-order valence-electron chi connectivity index (χ4n) is 3.04. The number of ether oxygens (including phenoxy) is 1. The third kappa shape index (κ3) is 3.33. The van der Waals surface area contributed by atoms with Crippen molar-refractivity contribution in [2.24, 2.45) is 0 Å². The van der Waals surface area contributed by atoms with Crippen molar-refractivity contribution in [2.75, 3.05) is 26.8 Å². The zero-order valence-electron chi connectivity index (χ0n) is 14.2. The number of aromatic nitrogens is 3. The highest BCUT2D eigenvalue weighted by molar-refractivity contribution is 5.96. The third-order valence-electron chi connectivity index (χ3n) is 4.32. The van der Waals surface area contributed by atoms with Crippen LogP contribution in [0.4, 0.5) is 0 Å². The molecule has 1 aliphatic rings.